The number of halogens is 1. The summed E-state index contributed by atoms with van der Waals surface area (Å²) in [6.45, 7) is 1.89. The van der Waals surface area contributed by atoms with Gasteiger partial charge in [-0.05, 0) is 43.7 Å². The van der Waals surface area contributed by atoms with E-state index in [0.717, 1.165) is 41.5 Å². The van der Waals surface area contributed by atoms with Crippen LogP contribution in [0.1, 0.15) is 29.5 Å². The number of rotatable bonds is 3. The molecule has 5 heteroatoms. The second-order valence-corrected chi connectivity index (χ2v) is 8.20. The van der Waals surface area contributed by atoms with Gasteiger partial charge in [-0.2, -0.15) is 0 Å². The van der Waals surface area contributed by atoms with Crippen LogP contribution in [0.15, 0.2) is 54.6 Å². The van der Waals surface area contributed by atoms with Crippen LogP contribution in [0, 0.1) is 0 Å². The first kappa shape index (κ1) is 16.2. The number of nitrogens with zero attached hydrogens (tertiary/aromatic N) is 3. The molecule has 0 radical (unpaired) electrons. The Morgan fingerprint density at radius 2 is 1.85 bits per heavy atom. The Hall–Kier alpha value is -2.01. The molecular weight excluding hydrogens is 362 g/mol. The molecule has 1 fully saturated rings. The van der Waals surface area contributed by atoms with Crippen molar-refractivity contribution >= 4 is 44.1 Å². The Bertz CT molecular complexity index is 1060. The number of thiazole rings is 1. The van der Waals surface area contributed by atoms with Gasteiger partial charge in [0, 0.05) is 17.5 Å². The molecule has 130 valence electrons. The van der Waals surface area contributed by atoms with Gasteiger partial charge in [-0.1, -0.05) is 41.9 Å². The minimum atomic E-state index is 0.370. The SMILES string of the molecule is Clc1nc2ccccc2cc1CN1CCCC1c1nc2ccccc2s1. The normalized spacial score (nSPS) is 18.1. The van der Waals surface area contributed by atoms with Crippen LogP contribution in [-0.4, -0.2) is 21.4 Å². The largest absolute Gasteiger partial charge is 0.290 e. The van der Waals surface area contributed by atoms with E-state index in [1.807, 2.05) is 29.5 Å². The Labute approximate surface area is 161 Å². The fraction of sp³-hybridized carbons (Fsp3) is 0.238. The van der Waals surface area contributed by atoms with Gasteiger partial charge in [-0.25, -0.2) is 9.97 Å². The molecule has 0 N–H and O–H groups in total. The van der Waals surface area contributed by atoms with E-state index in [1.165, 1.54) is 16.1 Å². The number of fused-ring (bicyclic) bond motifs is 2. The zero-order chi connectivity index (χ0) is 17.5. The highest BCUT2D eigenvalue weighted by atomic mass is 35.5. The molecule has 2 aromatic carbocycles. The van der Waals surface area contributed by atoms with Crippen LogP contribution in [0.25, 0.3) is 21.1 Å². The number of pyridine rings is 1. The molecule has 2 aromatic heterocycles. The highest BCUT2D eigenvalue weighted by Gasteiger charge is 2.29. The summed E-state index contributed by atoms with van der Waals surface area (Å²) in [6, 6.07) is 19.1. The van der Waals surface area contributed by atoms with Crippen molar-refractivity contribution in [2.75, 3.05) is 6.54 Å². The molecule has 3 nitrogen and oxygen atoms in total. The summed E-state index contributed by atoms with van der Waals surface area (Å²) < 4.78 is 1.26. The number of para-hydroxylation sites is 2. The quantitative estimate of drug-likeness (QED) is 0.419. The van der Waals surface area contributed by atoms with Gasteiger partial charge in [0.25, 0.3) is 0 Å². The van der Waals surface area contributed by atoms with Crippen molar-refractivity contribution in [2.24, 2.45) is 0 Å². The molecule has 3 heterocycles. The third kappa shape index (κ3) is 2.88. The van der Waals surface area contributed by atoms with E-state index in [4.69, 9.17) is 16.6 Å². The smallest absolute Gasteiger partial charge is 0.134 e. The van der Waals surface area contributed by atoms with Gasteiger partial charge in [-0.3, -0.25) is 4.90 Å². The molecule has 0 saturated carbocycles. The average molecular weight is 380 g/mol. The summed E-state index contributed by atoms with van der Waals surface area (Å²) in [7, 11) is 0. The van der Waals surface area contributed by atoms with E-state index in [9.17, 15) is 0 Å². The maximum atomic E-state index is 6.49. The van der Waals surface area contributed by atoms with Crippen molar-refractivity contribution in [1.82, 2.24) is 14.9 Å². The fourth-order valence-electron chi connectivity index (χ4n) is 3.79. The van der Waals surface area contributed by atoms with E-state index < -0.39 is 0 Å². The molecule has 1 atom stereocenters. The van der Waals surface area contributed by atoms with Crippen molar-refractivity contribution in [1.29, 1.82) is 0 Å². The van der Waals surface area contributed by atoms with Crippen molar-refractivity contribution in [3.63, 3.8) is 0 Å². The minimum absolute atomic E-state index is 0.370. The second kappa shape index (κ2) is 6.62. The van der Waals surface area contributed by atoms with Gasteiger partial charge in [0.1, 0.15) is 10.2 Å². The van der Waals surface area contributed by atoms with Crippen molar-refractivity contribution in [2.45, 2.75) is 25.4 Å². The van der Waals surface area contributed by atoms with Gasteiger partial charge in [0.05, 0.1) is 21.8 Å². The monoisotopic (exact) mass is 379 g/mol. The zero-order valence-corrected chi connectivity index (χ0v) is 15.8. The Balaban J connectivity index is 1.46. The summed E-state index contributed by atoms with van der Waals surface area (Å²) in [6.07, 6.45) is 2.34. The first-order valence-electron chi connectivity index (χ1n) is 8.91. The Morgan fingerprint density at radius 3 is 2.73 bits per heavy atom. The van der Waals surface area contributed by atoms with Gasteiger partial charge in [0.15, 0.2) is 0 Å². The third-order valence-corrected chi connectivity index (χ3v) is 6.55. The molecule has 0 spiro atoms. The van der Waals surface area contributed by atoms with Crippen LogP contribution in [-0.2, 0) is 6.54 Å². The number of hydrogen-bond donors (Lipinski definition) is 0. The van der Waals surface area contributed by atoms with E-state index in [1.54, 1.807) is 0 Å². The Kier molecular flexibility index (Phi) is 4.12. The van der Waals surface area contributed by atoms with E-state index >= 15 is 0 Å². The molecule has 4 aromatic rings. The molecule has 1 unspecified atom stereocenters. The predicted octanol–water partition coefficient (Wildman–Crippen LogP) is 5.84. The second-order valence-electron chi connectivity index (χ2n) is 6.78. The molecule has 0 amide bonds. The topological polar surface area (TPSA) is 29.0 Å². The standard InChI is InChI=1S/C21H18ClN3S/c22-20-15(12-14-6-1-2-7-16(14)23-20)13-25-11-5-9-18(25)21-24-17-8-3-4-10-19(17)26-21/h1-4,6-8,10,12,18H,5,9,11,13H2. The molecule has 1 aliphatic rings. The van der Waals surface area contributed by atoms with Crippen molar-refractivity contribution < 1.29 is 0 Å². The molecule has 1 aliphatic heterocycles. The summed E-state index contributed by atoms with van der Waals surface area (Å²) in [5.74, 6) is 0. The van der Waals surface area contributed by atoms with Crippen LogP contribution < -0.4 is 0 Å². The van der Waals surface area contributed by atoms with Crippen LogP contribution >= 0.6 is 22.9 Å². The number of benzene rings is 2. The first-order valence-corrected chi connectivity index (χ1v) is 10.1. The fourth-order valence-corrected chi connectivity index (χ4v) is 5.14. The lowest BCUT2D eigenvalue weighted by Crippen LogP contribution is -2.23. The lowest BCUT2D eigenvalue weighted by molar-refractivity contribution is 0.248. The van der Waals surface area contributed by atoms with Crippen LogP contribution in [0.5, 0.6) is 0 Å². The number of aromatic nitrogens is 2. The maximum Gasteiger partial charge on any atom is 0.134 e. The lowest BCUT2D eigenvalue weighted by atomic mass is 10.1. The number of hydrogen-bond acceptors (Lipinski definition) is 4. The molecule has 5 rings (SSSR count). The number of likely N-dealkylation sites (tertiary alicyclic amines) is 1. The Morgan fingerprint density at radius 1 is 1.04 bits per heavy atom. The van der Waals surface area contributed by atoms with Crippen LogP contribution in [0.4, 0.5) is 0 Å². The lowest BCUT2D eigenvalue weighted by Gasteiger charge is -2.23. The van der Waals surface area contributed by atoms with Gasteiger partial charge >= 0.3 is 0 Å². The predicted molar refractivity (Wildman–Crippen MR) is 109 cm³/mol. The first-order chi connectivity index (χ1) is 12.8. The average Bonchev–Trinajstić information content (AvgIpc) is 3.28. The van der Waals surface area contributed by atoms with Crippen LogP contribution in [0.2, 0.25) is 5.15 Å². The highest BCUT2D eigenvalue weighted by molar-refractivity contribution is 7.18. The molecule has 26 heavy (non-hydrogen) atoms. The van der Waals surface area contributed by atoms with E-state index in [2.05, 4.69) is 46.3 Å². The minimum Gasteiger partial charge on any atom is -0.290 e. The van der Waals surface area contributed by atoms with Crippen molar-refractivity contribution in [3.8, 4) is 0 Å². The zero-order valence-electron chi connectivity index (χ0n) is 14.2. The van der Waals surface area contributed by atoms with E-state index in [-0.39, 0.29) is 0 Å². The molecular formula is C21H18ClN3S. The summed E-state index contributed by atoms with van der Waals surface area (Å²) >= 11 is 8.30. The van der Waals surface area contributed by atoms with Gasteiger partial charge < -0.3 is 0 Å². The third-order valence-electron chi connectivity index (χ3n) is 5.08. The van der Waals surface area contributed by atoms with E-state index in [0.29, 0.717) is 11.2 Å². The summed E-state index contributed by atoms with van der Waals surface area (Å²) in [5.41, 5.74) is 3.15. The van der Waals surface area contributed by atoms with Crippen LogP contribution in [0.3, 0.4) is 0 Å². The van der Waals surface area contributed by atoms with Gasteiger partial charge in [0.2, 0.25) is 0 Å². The summed E-state index contributed by atoms with van der Waals surface area (Å²) in [4.78, 5) is 12.0. The molecule has 1 saturated heterocycles. The van der Waals surface area contributed by atoms with Gasteiger partial charge in [-0.15, -0.1) is 11.3 Å². The summed E-state index contributed by atoms with van der Waals surface area (Å²) in [5, 5.41) is 2.97. The maximum absolute atomic E-state index is 6.49. The van der Waals surface area contributed by atoms with Crippen molar-refractivity contribution in [3.05, 3.63) is 70.3 Å². The molecule has 0 bridgehead atoms. The highest BCUT2D eigenvalue weighted by Crippen LogP contribution is 2.38. The molecule has 0 aliphatic carbocycles.